The summed E-state index contributed by atoms with van der Waals surface area (Å²) < 4.78 is 6.44. The van der Waals surface area contributed by atoms with Gasteiger partial charge in [-0.2, -0.15) is 0 Å². The standard InChI is InChI=1S/C11H15IO2/c1-7(2)10-4-5-11(14-10)9(13)6-8(3)12/h4-5,7,9,13H,3,6H2,1-2H3. The minimum Gasteiger partial charge on any atom is -0.463 e. The molecule has 0 saturated carbocycles. The molecule has 0 saturated heterocycles. The fourth-order valence-corrected chi connectivity index (χ4v) is 1.59. The minimum atomic E-state index is -0.563. The van der Waals surface area contributed by atoms with Crippen molar-refractivity contribution < 1.29 is 9.52 Å². The molecule has 0 aliphatic rings. The number of aliphatic hydroxyl groups is 1. The SMILES string of the molecule is C=C(I)CC(O)c1ccc(C(C)C)o1. The second kappa shape index (κ2) is 4.98. The molecule has 0 amide bonds. The van der Waals surface area contributed by atoms with Gasteiger partial charge in [0.15, 0.2) is 0 Å². The summed E-state index contributed by atoms with van der Waals surface area (Å²) in [5.74, 6) is 1.91. The summed E-state index contributed by atoms with van der Waals surface area (Å²) in [6.45, 7) is 7.87. The van der Waals surface area contributed by atoms with Crippen LogP contribution in [0.25, 0.3) is 0 Å². The molecule has 0 aliphatic heterocycles. The number of hydrogen-bond donors (Lipinski definition) is 1. The zero-order valence-corrected chi connectivity index (χ0v) is 10.6. The van der Waals surface area contributed by atoms with Crippen LogP contribution in [0, 0.1) is 0 Å². The highest BCUT2D eigenvalue weighted by molar-refractivity contribution is 14.1. The van der Waals surface area contributed by atoms with Gasteiger partial charge in [-0.3, -0.25) is 0 Å². The Labute approximate surface area is 98.1 Å². The Morgan fingerprint density at radius 3 is 2.50 bits per heavy atom. The molecule has 3 heteroatoms. The van der Waals surface area contributed by atoms with Crippen molar-refractivity contribution in [3.8, 4) is 0 Å². The number of aliphatic hydroxyl groups excluding tert-OH is 1. The Morgan fingerprint density at radius 1 is 1.50 bits per heavy atom. The minimum absolute atomic E-state index is 0.360. The normalized spacial score (nSPS) is 13.2. The van der Waals surface area contributed by atoms with Crippen molar-refractivity contribution in [3.63, 3.8) is 0 Å². The average molecular weight is 306 g/mol. The second-order valence-electron chi connectivity index (χ2n) is 3.63. The van der Waals surface area contributed by atoms with Crippen LogP contribution >= 0.6 is 22.6 Å². The maximum absolute atomic E-state index is 9.73. The zero-order valence-electron chi connectivity index (χ0n) is 8.46. The van der Waals surface area contributed by atoms with Crippen molar-refractivity contribution in [1.29, 1.82) is 0 Å². The first kappa shape index (κ1) is 11.8. The van der Waals surface area contributed by atoms with E-state index in [9.17, 15) is 5.11 Å². The molecule has 1 rings (SSSR count). The quantitative estimate of drug-likeness (QED) is 0.859. The summed E-state index contributed by atoms with van der Waals surface area (Å²) >= 11 is 2.11. The van der Waals surface area contributed by atoms with Crippen LogP contribution in [0.1, 0.15) is 43.8 Å². The fourth-order valence-electron chi connectivity index (χ4n) is 1.17. The van der Waals surface area contributed by atoms with Crippen LogP contribution in [0.2, 0.25) is 0 Å². The molecule has 14 heavy (non-hydrogen) atoms. The molecule has 1 unspecified atom stereocenters. The molecule has 1 aromatic heterocycles. The number of furan rings is 1. The van der Waals surface area contributed by atoms with Crippen LogP contribution in [-0.4, -0.2) is 5.11 Å². The predicted molar refractivity (Wildman–Crippen MR) is 65.5 cm³/mol. The van der Waals surface area contributed by atoms with E-state index in [-0.39, 0.29) is 0 Å². The molecule has 1 atom stereocenters. The monoisotopic (exact) mass is 306 g/mol. The van der Waals surface area contributed by atoms with E-state index in [1.165, 1.54) is 0 Å². The van der Waals surface area contributed by atoms with E-state index in [0.29, 0.717) is 18.1 Å². The molecule has 0 bridgehead atoms. The summed E-state index contributed by atoms with van der Waals surface area (Å²) in [6.07, 6.45) is -0.0158. The van der Waals surface area contributed by atoms with Crippen molar-refractivity contribution in [2.75, 3.05) is 0 Å². The van der Waals surface area contributed by atoms with E-state index in [1.54, 1.807) is 0 Å². The summed E-state index contributed by atoms with van der Waals surface area (Å²) in [6, 6.07) is 3.75. The third-order valence-corrected chi connectivity index (χ3v) is 2.40. The van der Waals surface area contributed by atoms with Gasteiger partial charge < -0.3 is 9.52 Å². The zero-order chi connectivity index (χ0) is 10.7. The van der Waals surface area contributed by atoms with Gasteiger partial charge in [0.2, 0.25) is 0 Å². The molecular formula is C11H15IO2. The fraction of sp³-hybridized carbons (Fsp3) is 0.455. The number of hydrogen-bond acceptors (Lipinski definition) is 2. The van der Waals surface area contributed by atoms with Crippen LogP contribution < -0.4 is 0 Å². The van der Waals surface area contributed by atoms with Crippen LogP contribution in [0.5, 0.6) is 0 Å². The van der Waals surface area contributed by atoms with Gasteiger partial charge in [-0.15, -0.1) is 0 Å². The Bertz CT molecular complexity index is 315. The van der Waals surface area contributed by atoms with Gasteiger partial charge in [-0.25, -0.2) is 0 Å². The summed E-state index contributed by atoms with van der Waals surface area (Å²) in [5, 5.41) is 9.73. The highest BCUT2D eigenvalue weighted by atomic mass is 127. The summed E-state index contributed by atoms with van der Waals surface area (Å²) in [7, 11) is 0. The first-order valence-electron chi connectivity index (χ1n) is 4.61. The molecule has 0 fully saturated rings. The molecule has 0 aromatic carbocycles. The highest BCUT2D eigenvalue weighted by Crippen LogP contribution is 2.27. The molecule has 1 heterocycles. The van der Waals surface area contributed by atoms with Gasteiger partial charge in [0, 0.05) is 12.3 Å². The predicted octanol–water partition coefficient (Wildman–Crippen LogP) is 3.78. The van der Waals surface area contributed by atoms with E-state index in [1.807, 2.05) is 12.1 Å². The second-order valence-corrected chi connectivity index (χ2v) is 5.16. The van der Waals surface area contributed by atoms with Crippen LogP contribution in [0.15, 0.2) is 26.7 Å². The van der Waals surface area contributed by atoms with Gasteiger partial charge in [0.25, 0.3) is 0 Å². The molecule has 2 nitrogen and oxygen atoms in total. The van der Waals surface area contributed by atoms with Crippen LogP contribution in [0.3, 0.4) is 0 Å². The third kappa shape index (κ3) is 3.13. The lowest BCUT2D eigenvalue weighted by Crippen LogP contribution is -1.94. The van der Waals surface area contributed by atoms with E-state index in [2.05, 4.69) is 43.0 Å². The molecular weight excluding hydrogens is 291 g/mol. The average Bonchev–Trinajstić information content (AvgIpc) is 2.50. The number of halogens is 1. The molecule has 0 spiro atoms. The van der Waals surface area contributed by atoms with Crippen molar-refractivity contribution in [3.05, 3.63) is 33.8 Å². The Morgan fingerprint density at radius 2 is 2.07 bits per heavy atom. The van der Waals surface area contributed by atoms with Crippen LogP contribution in [0.4, 0.5) is 0 Å². The largest absolute Gasteiger partial charge is 0.463 e. The molecule has 0 radical (unpaired) electrons. The van der Waals surface area contributed by atoms with E-state index < -0.39 is 6.10 Å². The first-order chi connectivity index (χ1) is 6.50. The lowest BCUT2D eigenvalue weighted by atomic mass is 10.1. The van der Waals surface area contributed by atoms with Crippen LogP contribution in [-0.2, 0) is 0 Å². The lowest BCUT2D eigenvalue weighted by molar-refractivity contribution is 0.150. The maximum atomic E-state index is 9.73. The van der Waals surface area contributed by atoms with Crippen molar-refractivity contribution in [2.24, 2.45) is 0 Å². The Hall–Kier alpha value is -0.290. The van der Waals surface area contributed by atoms with Gasteiger partial charge in [0.05, 0.1) is 0 Å². The van der Waals surface area contributed by atoms with E-state index >= 15 is 0 Å². The number of rotatable bonds is 4. The molecule has 78 valence electrons. The van der Waals surface area contributed by atoms with Gasteiger partial charge in [0.1, 0.15) is 17.6 Å². The van der Waals surface area contributed by atoms with Gasteiger partial charge in [-0.1, -0.05) is 20.4 Å². The van der Waals surface area contributed by atoms with E-state index in [4.69, 9.17) is 4.42 Å². The van der Waals surface area contributed by atoms with Crippen molar-refractivity contribution in [2.45, 2.75) is 32.3 Å². The summed E-state index contributed by atoms with van der Waals surface area (Å²) in [4.78, 5) is 0. The van der Waals surface area contributed by atoms with Gasteiger partial charge >= 0.3 is 0 Å². The molecule has 1 N–H and O–H groups in total. The molecule has 1 aromatic rings. The highest BCUT2D eigenvalue weighted by Gasteiger charge is 2.13. The third-order valence-electron chi connectivity index (χ3n) is 1.96. The van der Waals surface area contributed by atoms with Crippen molar-refractivity contribution >= 4 is 22.6 Å². The molecule has 0 aliphatic carbocycles. The van der Waals surface area contributed by atoms with Crippen molar-refractivity contribution in [1.82, 2.24) is 0 Å². The van der Waals surface area contributed by atoms with Gasteiger partial charge in [-0.05, 0) is 38.3 Å². The summed E-state index contributed by atoms with van der Waals surface area (Å²) in [5.41, 5.74) is 0. The topological polar surface area (TPSA) is 33.4 Å². The first-order valence-corrected chi connectivity index (χ1v) is 5.69. The lowest BCUT2D eigenvalue weighted by Gasteiger charge is -2.06. The Kier molecular flexibility index (Phi) is 4.19. The smallest absolute Gasteiger partial charge is 0.133 e. The maximum Gasteiger partial charge on any atom is 0.133 e. The Balaban J connectivity index is 2.71. The van der Waals surface area contributed by atoms with E-state index in [0.717, 1.165) is 9.34 Å².